The molecule has 1 saturated heterocycles. The predicted molar refractivity (Wildman–Crippen MR) is 146 cm³/mol. The largest absolute Gasteiger partial charge is 0.497 e. The lowest BCUT2D eigenvalue weighted by Crippen LogP contribution is -2.38. The molecule has 10 nitrogen and oxygen atoms in total. The van der Waals surface area contributed by atoms with Crippen molar-refractivity contribution in [2.24, 2.45) is 5.92 Å². The molecule has 1 aliphatic heterocycles. The summed E-state index contributed by atoms with van der Waals surface area (Å²) in [6, 6.07) is 14.7. The number of sulfonamides is 1. The highest BCUT2D eigenvalue weighted by Gasteiger charge is 2.29. The number of nitrogen functional groups attached to an aromatic ring is 1. The van der Waals surface area contributed by atoms with Crippen molar-refractivity contribution in [3.63, 3.8) is 0 Å². The number of methoxy groups -OCH3 is 1. The van der Waals surface area contributed by atoms with Crippen LogP contribution in [0.25, 0.3) is 33.2 Å². The third-order valence-electron chi connectivity index (χ3n) is 7.41. The average molecular weight is 532 g/mol. The van der Waals surface area contributed by atoms with Crippen molar-refractivity contribution in [3.8, 4) is 17.0 Å². The summed E-state index contributed by atoms with van der Waals surface area (Å²) in [5.74, 6) is 1.42. The number of nitrogens with two attached hydrogens (primary N) is 1. The predicted octanol–water partition coefficient (Wildman–Crippen LogP) is 4.06. The average Bonchev–Trinajstić information content (AvgIpc) is 3.57. The van der Waals surface area contributed by atoms with Crippen LogP contribution < -0.4 is 10.5 Å². The number of nitrogens with one attached hydrogen (secondary N) is 1. The molecular formula is C27H29N7O3S. The van der Waals surface area contributed by atoms with Gasteiger partial charge in [-0.3, -0.25) is 0 Å². The second-order valence-electron chi connectivity index (χ2n) is 9.62. The molecule has 0 atom stereocenters. The number of rotatable bonds is 7. The number of H-pyrrole nitrogens is 1. The molecule has 196 valence electrons. The number of aromatic amines is 1. The fourth-order valence-corrected chi connectivity index (χ4v) is 6.70. The monoisotopic (exact) mass is 531 g/mol. The summed E-state index contributed by atoms with van der Waals surface area (Å²) in [4.78, 5) is 12.2. The molecule has 38 heavy (non-hydrogen) atoms. The lowest BCUT2D eigenvalue weighted by atomic mass is 9.95. The van der Waals surface area contributed by atoms with Gasteiger partial charge in [-0.2, -0.15) is 9.40 Å². The summed E-state index contributed by atoms with van der Waals surface area (Å²) in [7, 11) is -1.96. The van der Waals surface area contributed by atoms with E-state index in [-0.39, 0.29) is 0 Å². The second-order valence-corrected chi connectivity index (χ2v) is 11.6. The maximum atomic E-state index is 13.1. The van der Waals surface area contributed by atoms with Crippen molar-refractivity contribution in [2.75, 3.05) is 25.9 Å². The van der Waals surface area contributed by atoms with Crippen molar-refractivity contribution in [3.05, 3.63) is 61.1 Å². The van der Waals surface area contributed by atoms with Crippen molar-refractivity contribution in [1.29, 1.82) is 0 Å². The van der Waals surface area contributed by atoms with Crippen LogP contribution >= 0.6 is 0 Å². The van der Waals surface area contributed by atoms with Crippen LogP contribution in [0.5, 0.6) is 5.75 Å². The molecule has 0 saturated carbocycles. The molecule has 0 spiro atoms. The number of piperidine rings is 1. The molecule has 0 aliphatic carbocycles. The van der Waals surface area contributed by atoms with Gasteiger partial charge in [0.05, 0.1) is 17.4 Å². The Kier molecular flexibility index (Phi) is 6.24. The second kappa shape index (κ2) is 9.73. The van der Waals surface area contributed by atoms with Gasteiger partial charge in [-0.1, -0.05) is 6.07 Å². The molecule has 0 radical (unpaired) electrons. The number of hydrogen-bond acceptors (Lipinski definition) is 7. The van der Waals surface area contributed by atoms with Crippen molar-refractivity contribution in [1.82, 2.24) is 29.0 Å². The van der Waals surface area contributed by atoms with Crippen LogP contribution in [0, 0.1) is 5.92 Å². The van der Waals surface area contributed by atoms with E-state index >= 15 is 0 Å². The zero-order valence-corrected chi connectivity index (χ0v) is 21.9. The van der Waals surface area contributed by atoms with Crippen LogP contribution in [0.15, 0.2) is 66.0 Å². The van der Waals surface area contributed by atoms with E-state index < -0.39 is 10.0 Å². The van der Waals surface area contributed by atoms with Crippen LogP contribution in [0.4, 0.5) is 5.82 Å². The van der Waals surface area contributed by atoms with Gasteiger partial charge >= 0.3 is 0 Å². The van der Waals surface area contributed by atoms with E-state index in [1.807, 2.05) is 29.1 Å². The standard InChI is InChI=1S/C27H29N7O3S/c1-37-21-3-5-22(6-4-21)38(35,36)33-13-9-18(10-14-33)11-15-34-27-24(26(28)30-17-31-27)25(32-34)20-2-7-23-19(16-20)8-12-29-23/h2-8,12,16-18,29H,9-11,13-15H2,1H3,(H2,28,30,31). The maximum Gasteiger partial charge on any atom is 0.243 e. The summed E-state index contributed by atoms with van der Waals surface area (Å²) in [5, 5.41) is 6.76. The summed E-state index contributed by atoms with van der Waals surface area (Å²) in [6.45, 7) is 1.65. The van der Waals surface area contributed by atoms with Gasteiger partial charge in [0.25, 0.3) is 0 Å². The van der Waals surface area contributed by atoms with Crippen LogP contribution in [0.3, 0.4) is 0 Å². The van der Waals surface area contributed by atoms with Gasteiger partial charge in [-0.25, -0.2) is 23.1 Å². The molecule has 1 aliphatic rings. The van der Waals surface area contributed by atoms with Crippen molar-refractivity contribution < 1.29 is 13.2 Å². The number of ether oxygens (including phenoxy) is 1. The van der Waals surface area contributed by atoms with E-state index in [4.69, 9.17) is 15.6 Å². The first-order chi connectivity index (χ1) is 18.4. The first-order valence-electron chi connectivity index (χ1n) is 12.6. The Bertz CT molecular complexity index is 1700. The van der Waals surface area contributed by atoms with Gasteiger partial charge in [0.1, 0.15) is 23.6 Å². The van der Waals surface area contributed by atoms with Gasteiger partial charge in [0, 0.05) is 42.3 Å². The minimum absolute atomic E-state index is 0.294. The number of fused-ring (bicyclic) bond motifs is 2. The Balaban J connectivity index is 1.17. The minimum Gasteiger partial charge on any atom is -0.497 e. The number of aryl methyl sites for hydroxylation is 1. The Morgan fingerprint density at radius 1 is 1.08 bits per heavy atom. The Hall–Kier alpha value is -3.96. The first-order valence-corrected chi connectivity index (χ1v) is 14.1. The smallest absolute Gasteiger partial charge is 0.243 e. The van der Waals surface area contributed by atoms with E-state index in [0.29, 0.717) is 47.7 Å². The maximum absolute atomic E-state index is 13.1. The zero-order valence-electron chi connectivity index (χ0n) is 21.0. The Labute approximate surface area is 220 Å². The SMILES string of the molecule is COc1ccc(S(=O)(=O)N2CCC(CCn3nc(-c4ccc5[nH]ccc5c4)c4c(N)ncnc43)CC2)cc1. The minimum atomic E-state index is -3.52. The molecule has 2 aromatic carbocycles. The third-order valence-corrected chi connectivity index (χ3v) is 9.32. The van der Waals surface area contributed by atoms with Crippen molar-refractivity contribution in [2.45, 2.75) is 30.7 Å². The summed E-state index contributed by atoms with van der Waals surface area (Å²) in [5.41, 5.74) is 9.77. The van der Waals surface area contributed by atoms with Gasteiger partial charge in [0.2, 0.25) is 10.0 Å². The fourth-order valence-electron chi connectivity index (χ4n) is 5.23. The molecule has 0 unspecified atom stereocenters. The van der Waals surface area contributed by atoms with E-state index in [0.717, 1.165) is 46.8 Å². The van der Waals surface area contributed by atoms with Crippen LogP contribution in [-0.2, 0) is 16.6 Å². The number of aromatic nitrogens is 5. The zero-order chi connectivity index (χ0) is 26.3. The summed E-state index contributed by atoms with van der Waals surface area (Å²) < 4.78 is 34.8. The number of hydrogen-bond donors (Lipinski definition) is 2. The van der Waals surface area contributed by atoms with E-state index in [2.05, 4.69) is 21.0 Å². The molecule has 0 amide bonds. The quantitative estimate of drug-likeness (QED) is 0.324. The molecule has 0 bridgehead atoms. The molecule has 5 aromatic rings. The number of nitrogens with zero attached hydrogens (tertiary/aromatic N) is 5. The lowest BCUT2D eigenvalue weighted by molar-refractivity contribution is 0.255. The number of benzene rings is 2. The highest BCUT2D eigenvalue weighted by Crippen LogP contribution is 2.33. The highest BCUT2D eigenvalue weighted by atomic mass is 32.2. The van der Waals surface area contributed by atoms with Crippen LogP contribution in [0.1, 0.15) is 19.3 Å². The fraction of sp³-hybridized carbons (Fsp3) is 0.296. The molecule has 11 heteroatoms. The van der Waals surface area contributed by atoms with Gasteiger partial charge in [0.15, 0.2) is 5.65 Å². The highest BCUT2D eigenvalue weighted by molar-refractivity contribution is 7.89. The summed E-state index contributed by atoms with van der Waals surface area (Å²) >= 11 is 0. The first kappa shape index (κ1) is 24.4. The van der Waals surface area contributed by atoms with E-state index in [9.17, 15) is 8.42 Å². The normalized spacial score (nSPS) is 15.4. The molecule has 1 fully saturated rings. The van der Waals surface area contributed by atoms with E-state index in [1.165, 1.54) is 6.33 Å². The van der Waals surface area contributed by atoms with Gasteiger partial charge in [-0.15, -0.1) is 0 Å². The lowest BCUT2D eigenvalue weighted by Gasteiger charge is -2.31. The van der Waals surface area contributed by atoms with Gasteiger partial charge in [-0.05, 0) is 67.6 Å². The van der Waals surface area contributed by atoms with Gasteiger partial charge < -0.3 is 15.5 Å². The molecule has 6 rings (SSSR count). The number of anilines is 1. The molecule has 4 heterocycles. The van der Waals surface area contributed by atoms with E-state index in [1.54, 1.807) is 35.7 Å². The summed E-state index contributed by atoms with van der Waals surface area (Å²) in [6.07, 6.45) is 5.84. The topological polar surface area (TPSA) is 132 Å². The molecule has 3 N–H and O–H groups in total. The third kappa shape index (κ3) is 4.37. The van der Waals surface area contributed by atoms with Crippen LogP contribution in [0.2, 0.25) is 0 Å². The Morgan fingerprint density at radius 2 is 1.87 bits per heavy atom. The van der Waals surface area contributed by atoms with Crippen LogP contribution in [-0.4, -0.2) is 57.7 Å². The molecular weight excluding hydrogens is 502 g/mol. The van der Waals surface area contributed by atoms with Crippen molar-refractivity contribution >= 4 is 37.8 Å². The Morgan fingerprint density at radius 3 is 2.63 bits per heavy atom. The molecule has 3 aromatic heterocycles.